The van der Waals surface area contributed by atoms with E-state index in [4.69, 9.17) is 0 Å². The second kappa shape index (κ2) is 63.6. The second-order valence-corrected chi connectivity index (χ2v) is 0. The Labute approximate surface area is 144 Å². The Kier molecular flexibility index (Phi) is 660. The summed E-state index contributed by atoms with van der Waals surface area (Å²) in [6.45, 7) is 0. The minimum absolute atomic E-state index is 0. The van der Waals surface area contributed by atoms with E-state index in [1.807, 2.05) is 0 Å². The first kappa shape index (κ1) is 83.0. The second-order valence-electron chi connectivity index (χ2n) is 0. The van der Waals surface area contributed by atoms with Crippen LogP contribution in [0.5, 0.6) is 0 Å². The summed E-state index contributed by atoms with van der Waals surface area (Å²) < 4.78 is 0. The van der Waals surface area contributed by atoms with Gasteiger partial charge in [0.05, 0.1) is 0 Å². The molecule has 0 nitrogen and oxygen atoms in total. The van der Waals surface area contributed by atoms with Crippen LogP contribution in [0.1, 0.15) is 2.85 Å². The summed E-state index contributed by atoms with van der Waals surface area (Å²) in [4.78, 5) is 0. The fourth-order valence-corrected chi connectivity index (χ4v) is 0. The van der Waals surface area contributed by atoms with E-state index in [-0.39, 0.29) is 147 Å². The Morgan fingerprint density at radius 1 is 1.12 bits per heavy atom. The van der Waals surface area contributed by atoms with Gasteiger partial charge in [-0.15, -0.1) is 0 Å². The molecule has 0 rings (SSSR count). The van der Waals surface area contributed by atoms with Gasteiger partial charge in [0.15, 0.2) is 0 Å². The van der Waals surface area contributed by atoms with Crippen molar-refractivity contribution in [1.29, 1.82) is 0 Å². The van der Waals surface area contributed by atoms with Gasteiger partial charge in [-0.3, -0.25) is 0 Å². The molecule has 0 atom stereocenters. The van der Waals surface area contributed by atoms with Crippen molar-refractivity contribution in [3.63, 3.8) is 0 Å². The molecular weight excluding hydrogens is 392 g/mol. The molecule has 8 heavy (non-hydrogen) atoms. The van der Waals surface area contributed by atoms with E-state index < -0.39 is 0 Å². The van der Waals surface area contributed by atoms with Gasteiger partial charge < -0.3 is 2.85 Å². The molecule has 2 radical (unpaired) electrons. The first-order chi connectivity index (χ1) is 0. The van der Waals surface area contributed by atoms with Crippen LogP contribution in [0.15, 0.2) is 0 Å². The van der Waals surface area contributed by atoms with E-state index in [0.29, 0.717) is 0 Å². The van der Waals surface area contributed by atoms with Gasteiger partial charge in [0.1, 0.15) is 0 Å². The van der Waals surface area contributed by atoms with Gasteiger partial charge in [-0.05, 0) is 11.0 Å². The third-order valence-corrected chi connectivity index (χ3v) is 0. The summed E-state index contributed by atoms with van der Waals surface area (Å²) in [6.07, 6.45) is 0. The van der Waals surface area contributed by atoms with E-state index >= 15 is 0 Å². The van der Waals surface area contributed by atoms with Crippen LogP contribution in [0.25, 0.3) is 0 Å². The van der Waals surface area contributed by atoms with Gasteiger partial charge >= 0.3 is 23.1 Å². The standard InChI is InChI=1S/Cr.Cu.Fe.Mg.Mn.H4Si.Ti.Zn.2H/h;;;;;1H4;;;;/q;;;+2;;;;;2*-1. The minimum Gasteiger partial charge on any atom is -1.00 e. The van der Waals surface area contributed by atoms with E-state index in [1.54, 1.807) is 0 Å². The third-order valence-electron chi connectivity index (χ3n) is 0. The van der Waals surface area contributed by atoms with Crippen molar-refractivity contribution in [3.05, 3.63) is 0 Å². The summed E-state index contributed by atoms with van der Waals surface area (Å²) >= 11 is 0. The van der Waals surface area contributed by atoms with Crippen LogP contribution in [0.3, 0.4) is 0 Å². The fourth-order valence-electron chi connectivity index (χ4n) is 0. The van der Waals surface area contributed by atoms with Crippen molar-refractivity contribution in [2.45, 2.75) is 0 Å². The molecule has 0 N–H and O–H groups in total. The fraction of sp³-hybridized carbons (Fsp3) is 0. The first-order valence-electron chi connectivity index (χ1n) is 0. The van der Waals surface area contributed by atoms with Crippen molar-refractivity contribution < 1.29 is 113 Å². The average Bonchev–Trinajstić information content (AvgIpc) is 0. The van der Waals surface area contributed by atoms with Crippen LogP contribution in [-0.4, -0.2) is 34.0 Å². The van der Waals surface area contributed by atoms with Crippen LogP contribution >= 0.6 is 0 Å². The van der Waals surface area contributed by atoms with Gasteiger partial charge in [-0.2, -0.15) is 0 Å². The summed E-state index contributed by atoms with van der Waals surface area (Å²) in [5.41, 5.74) is 0. The summed E-state index contributed by atoms with van der Waals surface area (Å²) in [5.74, 6) is 0. The summed E-state index contributed by atoms with van der Waals surface area (Å²) in [5, 5.41) is 0. The van der Waals surface area contributed by atoms with Crippen molar-refractivity contribution >= 4 is 34.0 Å². The van der Waals surface area contributed by atoms with Crippen LogP contribution in [0.2, 0.25) is 0 Å². The maximum Gasteiger partial charge on any atom is 2.00 e. The quantitative estimate of drug-likeness (QED) is 0.431. The van der Waals surface area contributed by atoms with Crippen LogP contribution < -0.4 is 0 Å². The van der Waals surface area contributed by atoms with Crippen molar-refractivity contribution in [3.8, 4) is 0 Å². The molecule has 0 amide bonds. The zero-order valence-corrected chi connectivity index (χ0v) is 13.8. The van der Waals surface area contributed by atoms with Gasteiger partial charge in [0, 0.05) is 110 Å². The molecule has 0 spiro atoms. The molecule has 0 saturated carbocycles. The Hall–Kier alpha value is 4.41. The maximum atomic E-state index is 0. The molecule has 0 bridgehead atoms. The zero-order valence-electron chi connectivity index (χ0n) is 5.36. The smallest absolute Gasteiger partial charge is 1.00 e. The normalized spacial score (nSPS) is 0. The molecular formula is H6CrCuFeMgMnSiTiZn. The van der Waals surface area contributed by atoms with Gasteiger partial charge in [-0.1, -0.05) is 0 Å². The Morgan fingerprint density at radius 2 is 1.12 bits per heavy atom. The molecule has 0 aromatic heterocycles. The van der Waals surface area contributed by atoms with E-state index in [0.717, 1.165) is 0 Å². The Balaban J connectivity index is 0. The van der Waals surface area contributed by atoms with E-state index in [2.05, 4.69) is 0 Å². The SMILES string of the molecule is [Cr].[Cu].[Fe].[H-].[H-].[Mg+2].[Mn].[SiH4].[Ti].[Zn]. The van der Waals surface area contributed by atoms with Crippen LogP contribution in [0, 0.1) is 0 Å². The molecule has 0 aliphatic carbocycles. The minimum atomic E-state index is 0. The van der Waals surface area contributed by atoms with Gasteiger partial charge in [0.2, 0.25) is 0 Å². The number of hydrogen-bond acceptors (Lipinski definition) is 0. The number of rotatable bonds is 0. The van der Waals surface area contributed by atoms with Gasteiger partial charge in [0.25, 0.3) is 0 Å². The Bertz CT molecular complexity index is 31.2. The molecule has 50 valence electrons. The molecule has 0 aliphatic heterocycles. The molecule has 0 aromatic carbocycles. The average molecular weight is 398 g/mol. The van der Waals surface area contributed by atoms with E-state index in [1.165, 1.54) is 0 Å². The summed E-state index contributed by atoms with van der Waals surface area (Å²) in [7, 11) is 0. The monoisotopic (exact) mass is 396 g/mol. The topological polar surface area (TPSA) is 0 Å². The molecule has 0 saturated heterocycles. The molecule has 0 aromatic rings. The number of hydrogen-bond donors (Lipinski definition) is 0. The van der Waals surface area contributed by atoms with Crippen molar-refractivity contribution in [2.75, 3.05) is 0 Å². The molecule has 0 fully saturated rings. The van der Waals surface area contributed by atoms with E-state index in [9.17, 15) is 0 Å². The molecule has 8 heteroatoms. The van der Waals surface area contributed by atoms with Crippen LogP contribution in [0.4, 0.5) is 0 Å². The zero-order chi connectivity index (χ0) is 0. The van der Waals surface area contributed by atoms with Crippen LogP contribution in [-0.2, 0) is 110 Å². The molecule has 0 unspecified atom stereocenters. The summed E-state index contributed by atoms with van der Waals surface area (Å²) in [6, 6.07) is 0. The largest absolute Gasteiger partial charge is 2.00 e. The predicted molar refractivity (Wildman–Crippen MR) is 19.3 cm³/mol. The first-order valence-corrected chi connectivity index (χ1v) is 0. The third kappa shape index (κ3) is 47.4. The predicted octanol–water partition coefficient (Wildman–Crippen LogP) is -1.62. The molecule has 0 aliphatic rings. The Morgan fingerprint density at radius 3 is 1.12 bits per heavy atom. The van der Waals surface area contributed by atoms with Crippen molar-refractivity contribution in [1.82, 2.24) is 0 Å². The van der Waals surface area contributed by atoms with Crippen molar-refractivity contribution in [2.24, 2.45) is 0 Å². The van der Waals surface area contributed by atoms with Gasteiger partial charge in [-0.25, -0.2) is 0 Å². The molecule has 0 heterocycles. The maximum absolute atomic E-state index is 0.